The van der Waals surface area contributed by atoms with Crippen molar-refractivity contribution in [2.24, 2.45) is 0 Å². The average Bonchev–Trinajstić information content (AvgIpc) is 3.24. The molecule has 0 spiro atoms. The summed E-state index contributed by atoms with van der Waals surface area (Å²) in [4.78, 5) is 12.0. The zero-order chi connectivity index (χ0) is 17.0. The van der Waals surface area contributed by atoms with Crippen molar-refractivity contribution in [3.8, 4) is 5.69 Å². The smallest absolute Gasteiger partial charge is 0.315 e. The number of halogens is 1. The second-order valence-corrected chi connectivity index (χ2v) is 6.18. The Morgan fingerprint density at radius 1 is 1.25 bits per heavy atom. The Kier molecular flexibility index (Phi) is 4.80. The van der Waals surface area contributed by atoms with Gasteiger partial charge in [0.15, 0.2) is 0 Å². The second kappa shape index (κ2) is 7.00. The number of hydrogen-bond donors (Lipinski definition) is 3. The third-order valence-corrected chi connectivity index (χ3v) is 4.41. The van der Waals surface area contributed by atoms with Gasteiger partial charge in [-0.15, -0.1) is 0 Å². The van der Waals surface area contributed by atoms with Crippen LogP contribution in [0.4, 0.5) is 9.18 Å². The number of aliphatic hydroxyl groups is 1. The molecule has 1 aromatic carbocycles. The third-order valence-electron chi connectivity index (χ3n) is 4.41. The predicted octanol–water partition coefficient (Wildman–Crippen LogP) is 2.12. The van der Waals surface area contributed by atoms with Crippen molar-refractivity contribution in [2.75, 3.05) is 6.61 Å². The minimum absolute atomic E-state index is 0.0420. The average molecular weight is 332 g/mol. The number of hydrogen-bond acceptors (Lipinski definition) is 3. The number of amides is 2. The number of benzene rings is 1. The number of carbonyl (C=O) groups excluding carboxylic acids is 1. The maximum absolute atomic E-state index is 12.9. The standard InChI is InChI=1S/C17H21FN4O2/c18-13-3-5-15(6-4-13)22-10-7-14(21-22)11-19-16(24)20-17(12-23)8-1-2-9-17/h3-7,10,23H,1-2,8-9,11-12H2,(H2,19,20,24). The van der Waals surface area contributed by atoms with Crippen LogP contribution in [0, 0.1) is 5.82 Å². The highest BCUT2D eigenvalue weighted by molar-refractivity contribution is 5.74. The number of urea groups is 1. The number of aliphatic hydroxyl groups excluding tert-OH is 1. The van der Waals surface area contributed by atoms with Crippen molar-refractivity contribution in [1.82, 2.24) is 20.4 Å². The van der Waals surface area contributed by atoms with Crippen molar-refractivity contribution in [3.05, 3.63) is 48.0 Å². The molecule has 2 aromatic rings. The molecular weight excluding hydrogens is 311 g/mol. The van der Waals surface area contributed by atoms with Gasteiger partial charge in [0.2, 0.25) is 0 Å². The van der Waals surface area contributed by atoms with E-state index in [-0.39, 0.29) is 25.0 Å². The topological polar surface area (TPSA) is 79.2 Å². The second-order valence-electron chi connectivity index (χ2n) is 6.18. The molecule has 0 unspecified atom stereocenters. The summed E-state index contributed by atoms with van der Waals surface area (Å²) in [7, 11) is 0. The monoisotopic (exact) mass is 332 g/mol. The van der Waals surface area contributed by atoms with Crippen molar-refractivity contribution in [1.29, 1.82) is 0 Å². The van der Waals surface area contributed by atoms with Crippen molar-refractivity contribution >= 4 is 6.03 Å². The molecule has 0 bridgehead atoms. The lowest BCUT2D eigenvalue weighted by Gasteiger charge is -2.27. The lowest BCUT2D eigenvalue weighted by molar-refractivity contribution is 0.162. The van der Waals surface area contributed by atoms with Crippen LogP contribution >= 0.6 is 0 Å². The molecule has 1 fully saturated rings. The van der Waals surface area contributed by atoms with Crippen LogP contribution < -0.4 is 10.6 Å². The molecule has 128 valence electrons. The fourth-order valence-electron chi connectivity index (χ4n) is 3.02. The minimum Gasteiger partial charge on any atom is -0.394 e. The van der Waals surface area contributed by atoms with Gasteiger partial charge in [-0.1, -0.05) is 12.8 Å². The van der Waals surface area contributed by atoms with E-state index in [2.05, 4.69) is 15.7 Å². The highest BCUT2D eigenvalue weighted by Crippen LogP contribution is 2.28. The van der Waals surface area contributed by atoms with Gasteiger partial charge in [0.1, 0.15) is 5.82 Å². The quantitative estimate of drug-likeness (QED) is 0.785. The van der Waals surface area contributed by atoms with Gasteiger partial charge >= 0.3 is 6.03 Å². The first-order valence-corrected chi connectivity index (χ1v) is 8.08. The van der Waals surface area contributed by atoms with E-state index in [1.165, 1.54) is 12.1 Å². The molecule has 1 aromatic heterocycles. The van der Waals surface area contributed by atoms with Crippen LogP contribution in [0.1, 0.15) is 31.4 Å². The lowest BCUT2D eigenvalue weighted by atomic mass is 9.99. The van der Waals surface area contributed by atoms with Crippen molar-refractivity contribution in [3.63, 3.8) is 0 Å². The molecule has 1 aliphatic carbocycles. The predicted molar refractivity (Wildman–Crippen MR) is 87.2 cm³/mol. The summed E-state index contributed by atoms with van der Waals surface area (Å²) in [5, 5.41) is 19.5. The Morgan fingerprint density at radius 2 is 1.96 bits per heavy atom. The van der Waals surface area contributed by atoms with Gasteiger partial charge in [-0.3, -0.25) is 0 Å². The summed E-state index contributed by atoms with van der Waals surface area (Å²) in [6, 6.07) is 7.51. The summed E-state index contributed by atoms with van der Waals surface area (Å²) in [6.45, 7) is 0.237. The summed E-state index contributed by atoms with van der Waals surface area (Å²) in [5.41, 5.74) is 0.952. The molecule has 1 saturated carbocycles. The lowest BCUT2D eigenvalue weighted by Crippen LogP contribution is -2.52. The Hall–Kier alpha value is -2.41. The molecule has 0 saturated heterocycles. The Labute approximate surface area is 139 Å². The Bertz CT molecular complexity index is 693. The zero-order valence-corrected chi connectivity index (χ0v) is 13.3. The van der Waals surface area contributed by atoms with Crippen molar-refractivity contribution in [2.45, 2.75) is 37.8 Å². The molecular formula is C17H21FN4O2. The molecule has 24 heavy (non-hydrogen) atoms. The summed E-state index contributed by atoms with van der Waals surface area (Å²) < 4.78 is 14.6. The first-order chi connectivity index (χ1) is 11.6. The van der Waals surface area contributed by atoms with Crippen LogP contribution in [0.2, 0.25) is 0 Å². The van der Waals surface area contributed by atoms with E-state index in [0.717, 1.165) is 31.4 Å². The third kappa shape index (κ3) is 3.73. The number of nitrogens with one attached hydrogen (secondary N) is 2. The van der Waals surface area contributed by atoms with E-state index in [1.807, 2.05) is 0 Å². The summed E-state index contributed by atoms with van der Waals surface area (Å²) in [5.74, 6) is -0.297. The molecule has 1 aliphatic rings. The Morgan fingerprint density at radius 3 is 2.62 bits per heavy atom. The highest BCUT2D eigenvalue weighted by atomic mass is 19.1. The highest BCUT2D eigenvalue weighted by Gasteiger charge is 2.34. The molecule has 1 heterocycles. The van der Waals surface area contributed by atoms with E-state index < -0.39 is 5.54 Å². The number of rotatable bonds is 5. The van der Waals surface area contributed by atoms with Crippen LogP contribution in [0.15, 0.2) is 36.5 Å². The van der Waals surface area contributed by atoms with Crippen LogP contribution in [0.3, 0.4) is 0 Å². The first kappa shape index (κ1) is 16.4. The molecule has 0 radical (unpaired) electrons. The van der Waals surface area contributed by atoms with E-state index in [4.69, 9.17) is 0 Å². The van der Waals surface area contributed by atoms with Gasteiger partial charge in [-0.2, -0.15) is 5.10 Å². The van der Waals surface area contributed by atoms with Crippen LogP contribution in [0.25, 0.3) is 5.69 Å². The molecule has 0 aliphatic heterocycles. The fourth-order valence-corrected chi connectivity index (χ4v) is 3.02. The van der Waals surface area contributed by atoms with E-state index in [1.54, 1.807) is 29.1 Å². The maximum atomic E-state index is 12.9. The largest absolute Gasteiger partial charge is 0.394 e. The summed E-state index contributed by atoms with van der Waals surface area (Å²) >= 11 is 0. The molecule has 2 amide bonds. The molecule has 3 N–H and O–H groups in total. The normalized spacial score (nSPS) is 16.1. The first-order valence-electron chi connectivity index (χ1n) is 8.08. The molecule has 3 rings (SSSR count). The molecule has 0 atom stereocenters. The van der Waals surface area contributed by atoms with Crippen molar-refractivity contribution < 1.29 is 14.3 Å². The fraction of sp³-hybridized carbons (Fsp3) is 0.412. The number of nitrogens with zero attached hydrogens (tertiary/aromatic N) is 2. The van der Waals surface area contributed by atoms with Crippen LogP contribution in [-0.4, -0.2) is 33.1 Å². The minimum atomic E-state index is -0.489. The Balaban J connectivity index is 1.55. The SMILES string of the molecule is O=C(NCc1ccn(-c2ccc(F)cc2)n1)NC1(CO)CCCC1. The molecule has 6 nitrogen and oxygen atoms in total. The van der Waals surface area contributed by atoms with Gasteiger partial charge in [-0.25, -0.2) is 13.9 Å². The van der Waals surface area contributed by atoms with Gasteiger partial charge in [0, 0.05) is 6.20 Å². The zero-order valence-electron chi connectivity index (χ0n) is 13.3. The maximum Gasteiger partial charge on any atom is 0.315 e. The van der Waals surface area contributed by atoms with E-state index in [9.17, 15) is 14.3 Å². The number of carbonyl (C=O) groups is 1. The van der Waals surface area contributed by atoms with E-state index >= 15 is 0 Å². The van der Waals surface area contributed by atoms with Gasteiger partial charge in [-0.05, 0) is 43.2 Å². The molecule has 7 heteroatoms. The van der Waals surface area contributed by atoms with E-state index in [0.29, 0.717) is 5.69 Å². The van der Waals surface area contributed by atoms with Crippen LogP contribution in [0.5, 0.6) is 0 Å². The number of aromatic nitrogens is 2. The van der Waals surface area contributed by atoms with Gasteiger partial charge in [0.05, 0.1) is 30.1 Å². The van der Waals surface area contributed by atoms with Gasteiger partial charge < -0.3 is 15.7 Å². The van der Waals surface area contributed by atoms with Crippen LogP contribution in [-0.2, 0) is 6.54 Å². The van der Waals surface area contributed by atoms with Gasteiger partial charge in [0.25, 0.3) is 0 Å². The summed E-state index contributed by atoms with van der Waals surface area (Å²) in [6.07, 6.45) is 5.40.